The summed E-state index contributed by atoms with van der Waals surface area (Å²) in [5.74, 6) is 6.04. The molecule has 0 bridgehead atoms. The number of allylic oxidation sites excluding steroid dienone is 1. The molecule has 3 aromatic heterocycles. The summed E-state index contributed by atoms with van der Waals surface area (Å²) in [5, 5.41) is 7.52. The van der Waals surface area contributed by atoms with E-state index in [-0.39, 0.29) is 17.1 Å². The zero-order valence-electron chi connectivity index (χ0n) is 23.7. The fourth-order valence-corrected chi connectivity index (χ4v) is 4.78. The predicted molar refractivity (Wildman–Crippen MR) is 165 cm³/mol. The van der Waals surface area contributed by atoms with Gasteiger partial charge in [-0.05, 0) is 38.1 Å². The number of aromatic nitrogens is 6. The normalized spacial score (nSPS) is 13.0. The van der Waals surface area contributed by atoms with Gasteiger partial charge in [-0.2, -0.15) is 5.10 Å². The minimum atomic E-state index is -0.717. The molecular weight excluding hydrogens is 542 g/mol. The van der Waals surface area contributed by atoms with Crippen LogP contribution in [-0.2, 0) is 7.05 Å². The number of nitrogen functional groups attached to an aromatic ring is 1. The predicted octanol–water partition coefficient (Wildman–Crippen LogP) is 3.51. The van der Waals surface area contributed by atoms with Crippen molar-refractivity contribution in [2.75, 3.05) is 5.73 Å². The third-order valence-electron chi connectivity index (χ3n) is 7.17. The first kappa shape index (κ1) is 27.3. The van der Waals surface area contributed by atoms with Crippen molar-refractivity contribution < 1.29 is 4.79 Å². The van der Waals surface area contributed by atoms with Crippen molar-refractivity contribution in [1.29, 1.82) is 0 Å². The summed E-state index contributed by atoms with van der Waals surface area (Å²) in [5.41, 5.74) is 10.0. The number of hydrogen-bond donors (Lipinski definition) is 2. The van der Waals surface area contributed by atoms with Crippen LogP contribution in [0.2, 0.25) is 0 Å². The molecule has 0 saturated heterocycles. The lowest BCUT2D eigenvalue weighted by Crippen LogP contribution is -2.34. The first-order valence-corrected chi connectivity index (χ1v) is 13.6. The van der Waals surface area contributed by atoms with Crippen molar-refractivity contribution in [2.24, 2.45) is 12.0 Å². The zero-order chi connectivity index (χ0) is 30.1. The molecule has 4 heterocycles. The number of fused-ring (bicyclic) bond motifs is 1. The molecule has 6 rings (SSSR count). The molecule has 0 aliphatic carbocycles. The van der Waals surface area contributed by atoms with E-state index in [9.17, 15) is 9.59 Å². The molecule has 0 spiro atoms. The second-order valence-corrected chi connectivity index (χ2v) is 9.98. The lowest BCUT2D eigenvalue weighted by molar-refractivity contribution is 0.0933. The summed E-state index contributed by atoms with van der Waals surface area (Å²) in [4.78, 5) is 45.4. The molecule has 0 fully saturated rings. The Morgan fingerprint density at radius 3 is 2.56 bits per heavy atom. The van der Waals surface area contributed by atoms with Gasteiger partial charge in [0.25, 0.3) is 11.5 Å². The van der Waals surface area contributed by atoms with E-state index in [1.807, 2.05) is 50.4 Å². The molecule has 5 aromatic rings. The number of anilines is 1. The smallest absolute Gasteiger partial charge is 0.274 e. The third-order valence-corrected chi connectivity index (χ3v) is 7.17. The van der Waals surface area contributed by atoms with Gasteiger partial charge in [0.2, 0.25) is 0 Å². The van der Waals surface area contributed by atoms with Gasteiger partial charge in [-0.25, -0.2) is 15.0 Å². The molecule has 11 nitrogen and oxygen atoms in total. The lowest BCUT2D eigenvalue weighted by atomic mass is 10.1. The van der Waals surface area contributed by atoms with Crippen LogP contribution in [0.25, 0.3) is 22.3 Å². The number of aryl methyl sites for hydroxylation is 1. The lowest BCUT2D eigenvalue weighted by Gasteiger charge is -2.20. The third kappa shape index (κ3) is 5.17. The Morgan fingerprint density at radius 2 is 1.84 bits per heavy atom. The summed E-state index contributed by atoms with van der Waals surface area (Å²) in [7, 11) is 1.85. The second-order valence-electron chi connectivity index (χ2n) is 9.98. The van der Waals surface area contributed by atoms with Crippen molar-refractivity contribution in [3.05, 3.63) is 111 Å². The van der Waals surface area contributed by atoms with E-state index < -0.39 is 11.9 Å². The van der Waals surface area contributed by atoms with Gasteiger partial charge in [0, 0.05) is 25.2 Å². The zero-order valence-corrected chi connectivity index (χ0v) is 23.7. The van der Waals surface area contributed by atoms with E-state index in [1.165, 1.54) is 10.8 Å². The maximum absolute atomic E-state index is 14.2. The maximum atomic E-state index is 14.2. The molecule has 11 heteroatoms. The molecule has 212 valence electrons. The fraction of sp³-hybridized carbons (Fsp3) is 0.156. The van der Waals surface area contributed by atoms with Crippen molar-refractivity contribution in [3.63, 3.8) is 0 Å². The largest absolute Gasteiger partial charge is 0.382 e. The average molecular weight is 570 g/mol. The van der Waals surface area contributed by atoms with Crippen LogP contribution in [0.4, 0.5) is 5.82 Å². The number of nitrogens with zero attached hydrogens (tertiary/aromatic N) is 7. The summed E-state index contributed by atoms with van der Waals surface area (Å²) in [6.07, 6.45) is 7.50. The maximum Gasteiger partial charge on any atom is 0.274 e. The Kier molecular flexibility index (Phi) is 7.09. The van der Waals surface area contributed by atoms with Crippen molar-refractivity contribution in [3.8, 4) is 17.5 Å². The highest BCUT2D eigenvalue weighted by atomic mass is 16.2. The van der Waals surface area contributed by atoms with Gasteiger partial charge in [0.15, 0.2) is 11.5 Å². The molecule has 1 amide bonds. The number of carbonyl (C=O) groups is 1. The molecule has 1 aliphatic rings. The van der Waals surface area contributed by atoms with E-state index >= 15 is 0 Å². The highest BCUT2D eigenvalue weighted by Crippen LogP contribution is 2.22. The topological polar surface area (TPSA) is 146 Å². The number of nitrogens with one attached hydrogen (secondary N) is 1. The number of para-hydroxylation sites is 1. The van der Waals surface area contributed by atoms with Crippen LogP contribution in [0.5, 0.6) is 0 Å². The van der Waals surface area contributed by atoms with Gasteiger partial charge >= 0.3 is 0 Å². The summed E-state index contributed by atoms with van der Waals surface area (Å²) >= 11 is 0. The first-order chi connectivity index (χ1) is 20.8. The number of amides is 1. The van der Waals surface area contributed by atoms with Crippen molar-refractivity contribution in [1.82, 2.24) is 34.6 Å². The highest BCUT2D eigenvalue weighted by Gasteiger charge is 2.23. The van der Waals surface area contributed by atoms with Crippen LogP contribution in [-0.4, -0.2) is 41.4 Å². The van der Waals surface area contributed by atoms with Crippen LogP contribution in [0.1, 0.15) is 58.2 Å². The molecule has 0 radical (unpaired) electrons. The van der Waals surface area contributed by atoms with Gasteiger partial charge < -0.3 is 11.1 Å². The fourth-order valence-electron chi connectivity index (χ4n) is 4.78. The molecule has 1 aliphatic heterocycles. The second kappa shape index (κ2) is 11.2. The van der Waals surface area contributed by atoms with Gasteiger partial charge in [0.1, 0.15) is 11.5 Å². The van der Waals surface area contributed by atoms with E-state index in [1.54, 1.807) is 42.2 Å². The number of hydrogen-bond acceptors (Lipinski definition) is 8. The molecule has 0 saturated carbocycles. The molecule has 2 aromatic carbocycles. The van der Waals surface area contributed by atoms with E-state index in [4.69, 9.17) is 10.7 Å². The summed E-state index contributed by atoms with van der Waals surface area (Å²) in [6.45, 7) is 3.68. The Morgan fingerprint density at radius 1 is 1.05 bits per heavy atom. The number of nitrogens with two attached hydrogens (primary N) is 1. The van der Waals surface area contributed by atoms with E-state index in [2.05, 4.69) is 37.2 Å². The van der Waals surface area contributed by atoms with Gasteiger partial charge in [-0.1, -0.05) is 42.2 Å². The molecule has 1 unspecified atom stereocenters. The number of benzene rings is 2. The monoisotopic (exact) mass is 569 g/mol. The SMILES string of the molecule is Cc1c(C#Cc2cccc3nc(C(C)NC(=O)c4nc(C5=CCC=N5)cnc4N)n(-c4ccccc4)c(=O)c23)cnn1C. The van der Waals surface area contributed by atoms with Crippen LogP contribution in [0.15, 0.2) is 76.8 Å². The standard InChI is InChI=1S/C32H27N9O2/c1-19(37-31(42)28-29(33)35-18-26(38-28)24-13-8-16-34-24)30-39-25-12-7-9-21(14-15-22-17-36-40(3)20(22)2)27(25)32(43)41(30)23-10-5-4-6-11-23/h4-7,9-13,16-19H,8H2,1-3H3,(H2,33,35)(H,37,42). The summed E-state index contributed by atoms with van der Waals surface area (Å²) < 4.78 is 3.24. The van der Waals surface area contributed by atoms with Gasteiger partial charge in [0.05, 0.1) is 52.0 Å². The molecular formula is C32H27N9O2. The minimum absolute atomic E-state index is 0.0185. The Hall–Kier alpha value is -5.89. The summed E-state index contributed by atoms with van der Waals surface area (Å²) in [6, 6.07) is 13.8. The van der Waals surface area contributed by atoms with Gasteiger partial charge in [-0.15, -0.1) is 0 Å². The highest BCUT2D eigenvalue weighted by molar-refractivity contribution is 5.97. The average Bonchev–Trinajstić information content (AvgIpc) is 3.66. The minimum Gasteiger partial charge on any atom is -0.382 e. The van der Waals surface area contributed by atoms with Crippen LogP contribution in [0, 0.1) is 18.8 Å². The van der Waals surface area contributed by atoms with Crippen molar-refractivity contribution >= 4 is 34.5 Å². The van der Waals surface area contributed by atoms with Crippen LogP contribution >= 0.6 is 0 Å². The quantitative estimate of drug-likeness (QED) is 0.308. The van der Waals surface area contributed by atoms with Gasteiger partial charge in [-0.3, -0.25) is 23.8 Å². The number of aliphatic imine (C=N–C) groups is 1. The molecule has 43 heavy (non-hydrogen) atoms. The molecule has 3 N–H and O–H groups in total. The number of carbonyl (C=O) groups excluding carboxylic acids is 1. The van der Waals surface area contributed by atoms with Crippen LogP contribution < -0.4 is 16.6 Å². The molecule has 1 atom stereocenters. The first-order valence-electron chi connectivity index (χ1n) is 13.6. The van der Waals surface area contributed by atoms with Crippen molar-refractivity contribution in [2.45, 2.75) is 26.3 Å². The Balaban J connectivity index is 1.44. The van der Waals surface area contributed by atoms with E-state index in [0.717, 1.165) is 11.3 Å². The Bertz CT molecular complexity index is 2080. The number of rotatable bonds is 5. The Labute approximate surface area is 246 Å². The van der Waals surface area contributed by atoms with E-state index in [0.29, 0.717) is 45.8 Å². The van der Waals surface area contributed by atoms with Crippen LogP contribution in [0.3, 0.4) is 0 Å².